The van der Waals surface area contributed by atoms with E-state index in [1.54, 1.807) is 18.2 Å². The lowest BCUT2D eigenvalue weighted by atomic mass is 10.1. The van der Waals surface area contributed by atoms with Crippen molar-refractivity contribution in [2.75, 3.05) is 12.3 Å². The van der Waals surface area contributed by atoms with Gasteiger partial charge in [0.25, 0.3) is 5.91 Å². The molecule has 0 saturated heterocycles. The molecule has 0 aliphatic carbocycles. The third-order valence-electron chi connectivity index (χ3n) is 3.06. The number of carbonyl (C=O) groups is 1. The van der Waals surface area contributed by atoms with E-state index in [1.807, 2.05) is 0 Å². The van der Waals surface area contributed by atoms with Gasteiger partial charge in [-0.2, -0.15) is 0 Å². The van der Waals surface area contributed by atoms with Crippen LogP contribution in [0.15, 0.2) is 18.2 Å². The molecular weight excluding hydrogens is 240 g/mol. The van der Waals surface area contributed by atoms with Crippen molar-refractivity contribution in [2.45, 2.75) is 45.4 Å². The van der Waals surface area contributed by atoms with Gasteiger partial charge in [0.2, 0.25) is 0 Å². The first-order valence-electron chi connectivity index (χ1n) is 6.97. The predicted octanol–water partition coefficient (Wildman–Crippen LogP) is 3.11. The quantitative estimate of drug-likeness (QED) is 0.531. The Morgan fingerprint density at radius 1 is 1.16 bits per heavy atom. The van der Waals surface area contributed by atoms with Gasteiger partial charge in [-0.3, -0.25) is 4.79 Å². The minimum atomic E-state index is -0.525. The first kappa shape index (κ1) is 15.3. The number of ether oxygens (including phenoxy) is 1. The number of primary amides is 1. The van der Waals surface area contributed by atoms with Crippen molar-refractivity contribution in [1.82, 2.24) is 0 Å². The van der Waals surface area contributed by atoms with Gasteiger partial charge in [0, 0.05) is 5.69 Å². The molecule has 0 radical (unpaired) electrons. The van der Waals surface area contributed by atoms with Gasteiger partial charge in [0.05, 0.1) is 12.2 Å². The summed E-state index contributed by atoms with van der Waals surface area (Å²) in [7, 11) is 0. The van der Waals surface area contributed by atoms with Crippen LogP contribution in [0.1, 0.15) is 55.8 Å². The number of hydrogen-bond acceptors (Lipinski definition) is 3. The van der Waals surface area contributed by atoms with Crippen molar-refractivity contribution >= 4 is 11.6 Å². The summed E-state index contributed by atoms with van der Waals surface area (Å²) in [6.07, 6.45) is 7.33. The minimum absolute atomic E-state index is 0.320. The summed E-state index contributed by atoms with van der Waals surface area (Å²) in [6, 6.07) is 5.02. The molecule has 0 fully saturated rings. The Kier molecular flexibility index (Phi) is 6.79. The number of amides is 1. The molecule has 4 N–H and O–H groups in total. The van der Waals surface area contributed by atoms with Crippen LogP contribution in [0.3, 0.4) is 0 Å². The molecule has 0 spiro atoms. The van der Waals surface area contributed by atoms with E-state index in [9.17, 15) is 4.79 Å². The monoisotopic (exact) mass is 264 g/mol. The van der Waals surface area contributed by atoms with Crippen LogP contribution in [0.25, 0.3) is 0 Å². The molecule has 106 valence electrons. The van der Waals surface area contributed by atoms with Crippen molar-refractivity contribution < 1.29 is 9.53 Å². The fraction of sp³-hybridized carbons (Fsp3) is 0.533. The highest BCUT2D eigenvalue weighted by Gasteiger charge is 2.07. The van der Waals surface area contributed by atoms with Crippen LogP contribution in [-0.2, 0) is 0 Å². The summed E-state index contributed by atoms with van der Waals surface area (Å²) in [5.74, 6) is 0.124. The van der Waals surface area contributed by atoms with Crippen LogP contribution in [0, 0.1) is 0 Å². The Balaban J connectivity index is 2.30. The summed E-state index contributed by atoms with van der Waals surface area (Å²) >= 11 is 0. The molecule has 0 bridgehead atoms. The lowest BCUT2D eigenvalue weighted by Gasteiger charge is -2.08. The van der Waals surface area contributed by atoms with E-state index in [0.29, 0.717) is 23.6 Å². The number of carbonyl (C=O) groups excluding carboxylic acids is 1. The molecule has 0 aromatic heterocycles. The zero-order valence-corrected chi connectivity index (χ0v) is 11.7. The summed E-state index contributed by atoms with van der Waals surface area (Å²) in [6.45, 7) is 2.87. The Hall–Kier alpha value is -1.71. The van der Waals surface area contributed by atoms with Crippen molar-refractivity contribution in [2.24, 2.45) is 5.73 Å². The lowest BCUT2D eigenvalue weighted by molar-refractivity contribution is 0.100. The Labute approximate surface area is 115 Å². The standard InChI is InChI=1S/C15H24N2O2/c1-2-3-4-5-6-7-10-19-12-8-9-14(16)13(11-12)15(17)18/h8-9,11H,2-7,10,16H2,1H3,(H2,17,18). The number of unbranched alkanes of at least 4 members (excludes halogenated alkanes) is 5. The van der Waals surface area contributed by atoms with Crippen LogP contribution in [0.2, 0.25) is 0 Å². The van der Waals surface area contributed by atoms with Crippen molar-refractivity contribution in [1.29, 1.82) is 0 Å². The van der Waals surface area contributed by atoms with Crippen molar-refractivity contribution in [3.8, 4) is 5.75 Å². The number of rotatable bonds is 9. The number of nitrogens with two attached hydrogens (primary N) is 2. The maximum Gasteiger partial charge on any atom is 0.250 e. The van der Waals surface area contributed by atoms with E-state index in [2.05, 4.69) is 6.92 Å². The molecule has 0 saturated carbocycles. The van der Waals surface area contributed by atoms with E-state index in [-0.39, 0.29) is 0 Å². The second-order valence-corrected chi connectivity index (χ2v) is 4.73. The summed E-state index contributed by atoms with van der Waals surface area (Å²) in [5, 5.41) is 0. The second-order valence-electron chi connectivity index (χ2n) is 4.73. The highest BCUT2D eigenvalue weighted by molar-refractivity contribution is 5.98. The highest BCUT2D eigenvalue weighted by atomic mass is 16.5. The number of nitrogen functional groups attached to an aromatic ring is 1. The summed E-state index contributed by atoms with van der Waals surface area (Å²) in [5.41, 5.74) is 11.6. The number of benzene rings is 1. The Morgan fingerprint density at radius 3 is 2.53 bits per heavy atom. The molecule has 0 aliphatic heterocycles. The molecule has 19 heavy (non-hydrogen) atoms. The van der Waals surface area contributed by atoms with E-state index in [1.165, 1.54) is 32.1 Å². The van der Waals surface area contributed by atoms with Gasteiger partial charge in [-0.25, -0.2) is 0 Å². The predicted molar refractivity (Wildman–Crippen MR) is 78.2 cm³/mol. The third kappa shape index (κ3) is 5.64. The highest BCUT2D eigenvalue weighted by Crippen LogP contribution is 2.19. The van der Waals surface area contributed by atoms with E-state index in [4.69, 9.17) is 16.2 Å². The first-order chi connectivity index (χ1) is 9.15. The molecule has 1 amide bonds. The minimum Gasteiger partial charge on any atom is -0.494 e. The molecule has 1 rings (SSSR count). The molecule has 1 aromatic carbocycles. The van der Waals surface area contributed by atoms with E-state index in [0.717, 1.165) is 6.42 Å². The van der Waals surface area contributed by atoms with Crippen LogP contribution >= 0.6 is 0 Å². The number of hydrogen-bond donors (Lipinski definition) is 2. The van der Waals surface area contributed by atoms with Gasteiger partial charge in [-0.15, -0.1) is 0 Å². The fourth-order valence-corrected chi connectivity index (χ4v) is 1.91. The van der Waals surface area contributed by atoms with Gasteiger partial charge in [0.1, 0.15) is 5.75 Å². The van der Waals surface area contributed by atoms with E-state index >= 15 is 0 Å². The number of anilines is 1. The molecule has 0 heterocycles. The molecule has 0 atom stereocenters. The SMILES string of the molecule is CCCCCCCCOc1ccc(N)c(C(N)=O)c1. The molecule has 1 aromatic rings. The third-order valence-corrected chi connectivity index (χ3v) is 3.06. The second kappa shape index (κ2) is 8.40. The lowest BCUT2D eigenvalue weighted by Crippen LogP contribution is -2.13. The molecular formula is C15H24N2O2. The largest absolute Gasteiger partial charge is 0.494 e. The van der Waals surface area contributed by atoms with Crippen LogP contribution in [-0.4, -0.2) is 12.5 Å². The Morgan fingerprint density at radius 2 is 1.84 bits per heavy atom. The molecule has 4 nitrogen and oxygen atoms in total. The zero-order valence-electron chi connectivity index (χ0n) is 11.7. The van der Waals surface area contributed by atoms with E-state index < -0.39 is 5.91 Å². The van der Waals surface area contributed by atoms with Gasteiger partial charge in [0.15, 0.2) is 0 Å². The van der Waals surface area contributed by atoms with Crippen molar-refractivity contribution in [3.63, 3.8) is 0 Å². The van der Waals surface area contributed by atoms with Crippen LogP contribution < -0.4 is 16.2 Å². The molecule has 4 heteroatoms. The van der Waals surface area contributed by atoms with Crippen LogP contribution in [0.5, 0.6) is 5.75 Å². The van der Waals surface area contributed by atoms with Crippen LogP contribution in [0.4, 0.5) is 5.69 Å². The van der Waals surface area contributed by atoms with Crippen molar-refractivity contribution in [3.05, 3.63) is 23.8 Å². The zero-order chi connectivity index (χ0) is 14.1. The smallest absolute Gasteiger partial charge is 0.250 e. The molecule has 0 unspecified atom stereocenters. The summed E-state index contributed by atoms with van der Waals surface area (Å²) in [4.78, 5) is 11.1. The van der Waals surface area contributed by atoms with Gasteiger partial charge >= 0.3 is 0 Å². The maximum absolute atomic E-state index is 11.1. The fourth-order valence-electron chi connectivity index (χ4n) is 1.91. The normalized spacial score (nSPS) is 10.4. The Bertz CT molecular complexity index is 405. The first-order valence-corrected chi connectivity index (χ1v) is 6.97. The van der Waals surface area contributed by atoms with Gasteiger partial charge in [-0.1, -0.05) is 39.0 Å². The van der Waals surface area contributed by atoms with Gasteiger partial charge < -0.3 is 16.2 Å². The topological polar surface area (TPSA) is 78.3 Å². The average molecular weight is 264 g/mol. The maximum atomic E-state index is 11.1. The molecule has 0 aliphatic rings. The van der Waals surface area contributed by atoms with Gasteiger partial charge in [-0.05, 0) is 24.6 Å². The summed E-state index contributed by atoms with van der Waals surface area (Å²) < 4.78 is 5.60. The average Bonchev–Trinajstić information content (AvgIpc) is 2.39.